The molecule has 0 aromatic carbocycles. The molecular weight excluding hydrogens is 172 g/mol. The number of aliphatic carboxylic acids is 1. The van der Waals surface area contributed by atoms with Crippen molar-refractivity contribution in [2.75, 3.05) is 6.61 Å². The fourth-order valence-corrected chi connectivity index (χ4v) is 1.52. The Morgan fingerprint density at radius 3 is 2.85 bits per heavy atom. The summed E-state index contributed by atoms with van der Waals surface area (Å²) in [5.41, 5.74) is 0. The van der Waals surface area contributed by atoms with Crippen LogP contribution in [0.5, 0.6) is 0 Å². The summed E-state index contributed by atoms with van der Waals surface area (Å²) in [6, 6.07) is 0. The van der Waals surface area contributed by atoms with Crippen LogP contribution < -0.4 is 0 Å². The van der Waals surface area contributed by atoms with Crippen molar-refractivity contribution < 1.29 is 19.4 Å². The van der Waals surface area contributed by atoms with Crippen LogP contribution >= 0.6 is 0 Å². The first-order chi connectivity index (χ1) is 6.25. The molecule has 2 aliphatic rings. The van der Waals surface area contributed by atoms with Crippen LogP contribution in [-0.4, -0.2) is 30.1 Å². The Bertz CT molecular complexity index is 200. The van der Waals surface area contributed by atoms with E-state index in [1.165, 1.54) is 12.8 Å². The number of hydrogen-bond acceptors (Lipinski definition) is 3. The van der Waals surface area contributed by atoms with E-state index in [1.807, 2.05) is 0 Å². The van der Waals surface area contributed by atoms with Crippen LogP contribution in [0.4, 0.5) is 0 Å². The van der Waals surface area contributed by atoms with Crippen LogP contribution in [-0.2, 0) is 14.3 Å². The minimum absolute atomic E-state index is 0.00157. The smallest absolute Gasteiger partial charge is 0.303 e. The molecule has 1 heterocycles. The summed E-state index contributed by atoms with van der Waals surface area (Å²) in [6.45, 7) is 0.564. The van der Waals surface area contributed by atoms with E-state index in [0.29, 0.717) is 18.9 Å². The number of carboxylic acids is 1. The predicted molar refractivity (Wildman–Crippen MR) is 44.2 cm³/mol. The average molecular weight is 186 g/mol. The summed E-state index contributed by atoms with van der Waals surface area (Å²) >= 11 is 0. The van der Waals surface area contributed by atoms with E-state index in [9.17, 15) is 4.79 Å². The van der Waals surface area contributed by atoms with Gasteiger partial charge in [0.05, 0.1) is 12.7 Å². The van der Waals surface area contributed by atoms with E-state index in [0.717, 1.165) is 0 Å². The van der Waals surface area contributed by atoms with Crippen LogP contribution in [0, 0.1) is 5.92 Å². The maximum atomic E-state index is 10.3. The van der Waals surface area contributed by atoms with Gasteiger partial charge in [0, 0.05) is 12.3 Å². The highest BCUT2D eigenvalue weighted by Crippen LogP contribution is 2.38. The Hall–Kier alpha value is -0.610. The van der Waals surface area contributed by atoms with E-state index in [-0.39, 0.29) is 18.8 Å². The molecule has 1 N–H and O–H groups in total. The van der Waals surface area contributed by atoms with Gasteiger partial charge in [0.2, 0.25) is 0 Å². The Morgan fingerprint density at radius 1 is 1.46 bits per heavy atom. The number of rotatable bonds is 4. The van der Waals surface area contributed by atoms with Crippen molar-refractivity contribution in [3.05, 3.63) is 0 Å². The summed E-state index contributed by atoms with van der Waals surface area (Å²) in [5.74, 6) is -0.187. The Kier molecular flexibility index (Phi) is 2.51. The third-order valence-electron chi connectivity index (χ3n) is 2.46. The van der Waals surface area contributed by atoms with Gasteiger partial charge in [-0.3, -0.25) is 4.79 Å². The number of ether oxygens (including phenoxy) is 2. The second-order valence-electron chi connectivity index (χ2n) is 3.73. The van der Waals surface area contributed by atoms with Gasteiger partial charge in [0.25, 0.3) is 0 Å². The molecule has 2 fully saturated rings. The molecular formula is C9H14O4. The van der Waals surface area contributed by atoms with E-state index in [4.69, 9.17) is 14.6 Å². The second-order valence-corrected chi connectivity index (χ2v) is 3.73. The predicted octanol–water partition coefficient (Wildman–Crippen LogP) is 1.00. The molecule has 0 aromatic rings. The van der Waals surface area contributed by atoms with Gasteiger partial charge in [-0.25, -0.2) is 0 Å². The van der Waals surface area contributed by atoms with Crippen molar-refractivity contribution in [3.63, 3.8) is 0 Å². The highest BCUT2D eigenvalue weighted by Gasteiger charge is 2.38. The van der Waals surface area contributed by atoms with Gasteiger partial charge >= 0.3 is 5.97 Å². The molecule has 0 radical (unpaired) electrons. The normalized spacial score (nSPS) is 33.5. The summed E-state index contributed by atoms with van der Waals surface area (Å²) < 4.78 is 11.0. The second kappa shape index (κ2) is 3.64. The highest BCUT2D eigenvalue weighted by atomic mass is 16.7. The SMILES string of the molecule is O=C(O)CCC1COC(C2CC2)O1. The number of hydrogen-bond donors (Lipinski definition) is 1. The maximum absolute atomic E-state index is 10.3. The first-order valence-corrected chi connectivity index (χ1v) is 4.74. The van der Waals surface area contributed by atoms with Crippen molar-refractivity contribution in [1.82, 2.24) is 0 Å². The fourth-order valence-electron chi connectivity index (χ4n) is 1.52. The molecule has 1 aliphatic carbocycles. The molecule has 4 heteroatoms. The van der Waals surface area contributed by atoms with Crippen LogP contribution in [0.2, 0.25) is 0 Å². The molecule has 2 unspecified atom stereocenters. The molecule has 13 heavy (non-hydrogen) atoms. The fraction of sp³-hybridized carbons (Fsp3) is 0.889. The third-order valence-corrected chi connectivity index (χ3v) is 2.46. The van der Waals surface area contributed by atoms with E-state index < -0.39 is 5.97 Å². The number of carboxylic acid groups (broad SMARTS) is 1. The molecule has 0 amide bonds. The quantitative estimate of drug-likeness (QED) is 0.711. The molecule has 74 valence electrons. The maximum Gasteiger partial charge on any atom is 0.303 e. The standard InChI is InChI=1S/C9H14O4/c10-8(11)4-3-7-5-12-9(13-7)6-1-2-6/h6-7,9H,1-5H2,(H,10,11). The molecule has 4 nitrogen and oxygen atoms in total. The van der Waals surface area contributed by atoms with Gasteiger partial charge in [0.15, 0.2) is 6.29 Å². The summed E-state index contributed by atoms with van der Waals surface area (Å²) in [6.07, 6.45) is 3.08. The topological polar surface area (TPSA) is 55.8 Å². The van der Waals surface area contributed by atoms with Gasteiger partial charge in [0.1, 0.15) is 0 Å². The average Bonchev–Trinajstić information content (AvgIpc) is 2.83. The summed E-state index contributed by atoms with van der Waals surface area (Å²) in [5, 5.41) is 8.46. The van der Waals surface area contributed by atoms with Gasteiger partial charge in [-0.15, -0.1) is 0 Å². The van der Waals surface area contributed by atoms with Crippen molar-refractivity contribution in [2.24, 2.45) is 5.92 Å². The van der Waals surface area contributed by atoms with Crippen LogP contribution in [0.25, 0.3) is 0 Å². The van der Waals surface area contributed by atoms with Gasteiger partial charge in [-0.2, -0.15) is 0 Å². The molecule has 1 aliphatic heterocycles. The third kappa shape index (κ3) is 2.42. The molecule has 0 spiro atoms. The lowest BCUT2D eigenvalue weighted by molar-refractivity contribution is -0.138. The zero-order valence-corrected chi connectivity index (χ0v) is 7.44. The zero-order valence-electron chi connectivity index (χ0n) is 7.44. The highest BCUT2D eigenvalue weighted by molar-refractivity contribution is 5.66. The van der Waals surface area contributed by atoms with E-state index in [2.05, 4.69) is 0 Å². The van der Waals surface area contributed by atoms with E-state index >= 15 is 0 Å². The Morgan fingerprint density at radius 2 is 2.23 bits per heavy atom. The Labute approximate surface area is 76.8 Å². The lowest BCUT2D eigenvalue weighted by atomic mass is 10.2. The molecule has 1 saturated heterocycles. The lowest BCUT2D eigenvalue weighted by Gasteiger charge is -2.08. The summed E-state index contributed by atoms with van der Waals surface area (Å²) in [7, 11) is 0. The number of carbonyl (C=O) groups is 1. The lowest BCUT2D eigenvalue weighted by Crippen LogP contribution is -2.15. The minimum atomic E-state index is -0.765. The first-order valence-electron chi connectivity index (χ1n) is 4.74. The van der Waals surface area contributed by atoms with Crippen LogP contribution in [0.1, 0.15) is 25.7 Å². The minimum Gasteiger partial charge on any atom is -0.481 e. The largest absolute Gasteiger partial charge is 0.481 e. The van der Waals surface area contributed by atoms with Gasteiger partial charge in [-0.1, -0.05) is 0 Å². The Balaban J connectivity index is 1.68. The van der Waals surface area contributed by atoms with Crippen LogP contribution in [0.15, 0.2) is 0 Å². The molecule has 0 aromatic heterocycles. The molecule has 2 rings (SSSR count). The van der Waals surface area contributed by atoms with Crippen molar-refractivity contribution >= 4 is 5.97 Å². The van der Waals surface area contributed by atoms with Crippen molar-refractivity contribution in [3.8, 4) is 0 Å². The first kappa shape index (κ1) is 8.97. The molecule has 1 saturated carbocycles. The zero-order chi connectivity index (χ0) is 9.26. The van der Waals surface area contributed by atoms with Crippen molar-refractivity contribution in [1.29, 1.82) is 0 Å². The van der Waals surface area contributed by atoms with Crippen LogP contribution in [0.3, 0.4) is 0 Å². The summed E-state index contributed by atoms with van der Waals surface area (Å²) in [4.78, 5) is 10.3. The van der Waals surface area contributed by atoms with Crippen molar-refractivity contribution in [2.45, 2.75) is 38.1 Å². The molecule has 2 atom stereocenters. The van der Waals surface area contributed by atoms with E-state index in [1.54, 1.807) is 0 Å². The van der Waals surface area contributed by atoms with Gasteiger partial charge in [-0.05, 0) is 19.3 Å². The monoisotopic (exact) mass is 186 g/mol. The van der Waals surface area contributed by atoms with Gasteiger partial charge < -0.3 is 14.6 Å². The molecule has 0 bridgehead atoms.